The molecule has 0 aromatic heterocycles. The van der Waals surface area contributed by atoms with Crippen molar-refractivity contribution in [2.45, 2.75) is 56.8 Å². The zero-order valence-electron chi connectivity index (χ0n) is 22.1. The topological polar surface area (TPSA) is 88.8 Å². The van der Waals surface area contributed by atoms with E-state index < -0.39 is 0 Å². The van der Waals surface area contributed by atoms with Crippen molar-refractivity contribution in [3.05, 3.63) is 35.9 Å². The number of hydrogen-bond acceptors (Lipinski definition) is 8. The van der Waals surface area contributed by atoms with Gasteiger partial charge in [-0.05, 0) is 50.7 Å². The molecule has 4 rings (SSSR count). The van der Waals surface area contributed by atoms with Crippen molar-refractivity contribution in [2.75, 3.05) is 79.1 Å². The summed E-state index contributed by atoms with van der Waals surface area (Å²) in [4.78, 5) is 13.6. The molecule has 3 heterocycles. The van der Waals surface area contributed by atoms with Crippen LogP contribution < -0.4 is 0 Å². The first-order chi connectivity index (χ1) is 18.3. The number of ether oxygens (including phenoxy) is 6. The lowest BCUT2D eigenvalue weighted by Crippen LogP contribution is -2.48. The van der Waals surface area contributed by atoms with Crippen LogP contribution in [0, 0.1) is 0 Å². The van der Waals surface area contributed by atoms with Gasteiger partial charge in [-0.3, -0.25) is 9.80 Å². The van der Waals surface area contributed by atoms with Crippen LogP contribution in [0.5, 0.6) is 0 Å². The number of nitrogens with zero attached hydrogens (tertiary/aromatic N) is 2. The Hall–Kier alpha value is -1.59. The molecule has 0 bridgehead atoms. The predicted octanol–water partition coefficient (Wildman–Crippen LogP) is 2.93. The minimum atomic E-state index is 0.0529. The normalized spacial score (nSPS) is 21.8. The second-order valence-corrected chi connectivity index (χ2v) is 9.96. The molecule has 3 fully saturated rings. The molecule has 3 unspecified atom stereocenters. The first-order valence-electron chi connectivity index (χ1n) is 14.0. The molecule has 3 aliphatic rings. The van der Waals surface area contributed by atoms with Gasteiger partial charge in [-0.2, -0.15) is 0 Å². The molecule has 3 aliphatic heterocycles. The Labute approximate surface area is 221 Å². The second-order valence-electron chi connectivity index (χ2n) is 9.96. The van der Waals surface area contributed by atoms with Crippen LogP contribution in [0.2, 0.25) is 0 Å². The summed E-state index contributed by atoms with van der Waals surface area (Å²) in [6, 6.07) is 9.58. The molecule has 0 aliphatic carbocycles. The molecule has 1 aromatic rings. The van der Waals surface area contributed by atoms with E-state index in [1.807, 2.05) is 35.3 Å². The van der Waals surface area contributed by atoms with E-state index >= 15 is 0 Å². The number of amides is 1. The van der Waals surface area contributed by atoms with Crippen LogP contribution >= 0.6 is 0 Å². The monoisotopic (exact) mass is 520 g/mol. The van der Waals surface area contributed by atoms with Crippen molar-refractivity contribution in [2.24, 2.45) is 0 Å². The number of benzene rings is 1. The van der Waals surface area contributed by atoms with Crippen molar-refractivity contribution in [3.8, 4) is 0 Å². The molecule has 0 N–H and O–H groups in total. The standard InChI is InChI=1S/C28H44N2O7/c31-28(24-10-2-1-3-11-24)30(14-6-9-17-34-20-27-23-37-27)29(12-4-7-15-32-18-25-21-35-25)13-5-8-16-33-19-26-22-36-26/h1-3,10-11,25-27H,4-9,12-23H2. The molecule has 0 radical (unpaired) electrons. The Morgan fingerprint density at radius 3 is 1.54 bits per heavy atom. The summed E-state index contributed by atoms with van der Waals surface area (Å²) in [5.41, 5.74) is 0.718. The Morgan fingerprint density at radius 2 is 1.11 bits per heavy atom. The lowest BCUT2D eigenvalue weighted by Gasteiger charge is -2.35. The van der Waals surface area contributed by atoms with Crippen LogP contribution in [0.3, 0.4) is 0 Å². The summed E-state index contributed by atoms with van der Waals surface area (Å²) in [7, 11) is 0. The molecule has 0 spiro atoms. The van der Waals surface area contributed by atoms with Crippen molar-refractivity contribution in [1.82, 2.24) is 10.0 Å². The first-order valence-corrected chi connectivity index (χ1v) is 14.0. The van der Waals surface area contributed by atoms with Crippen molar-refractivity contribution in [3.63, 3.8) is 0 Å². The molecule has 37 heavy (non-hydrogen) atoms. The third-order valence-corrected chi connectivity index (χ3v) is 6.53. The zero-order valence-corrected chi connectivity index (χ0v) is 22.1. The Balaban J connectivity index is 1.26. The number of hydrazine groups is 1. The summed E-state index contributed by atoms with van der Waals surface area (Å²) in [5.74, 6) is 0.0529. The number of hydrogen-bond donors (Lipinski definition) is 0. The largest absolute Gasteiger partial charge is 0.379 e. The van der Waals surface area contributed by atoms with Crippen LogP contribution in [0.4, 0.5) is 0 Å². The maximum absolute atomic E-state index is 13.6. The fourth-order valence-corrected chi connectivity index (χ4v) is 4.05. The van der Waals surface area contributed by atoms with Crippen molar-refractivity contribution >= 4 is 5.91 Å². The lowest BCUT2D eigenvalue weighted by molar-refractivity contribution is -0.0169. The fourth-order valence-electron chi connectivity index (χ4n) is 4.05. The third-order valence-electron chi connectivity index (χ3n) is 6.53. The number of rotatable bonds is 23. The Bertz CT molecular complexity index is 732. The van der Waals surface area contributed by atoms with E-state index in [0.29, 0.717) is 45.2 Å². The van der Waals surface area contributed by atoms with Crippen LogP contribution in [-0.2, 0) is 28.4 Å². The highest BCUT2D eigenvalue weighted by atomic mass is 16.6. The van der Waals surface area contributed by atoms with E-state index in [-0.39, 0.29) is 12.0 Å². The van der Waals surface area contributed by atoms with Gasteiger partial charge in [-0.1, -0.05) is 18.2 Å². The van der Waals surface area contributed by atoms with Gasteiger partial charge < -0.3 is 28.4 Å². The number of carbonyl (C=O) groups excluding carboxylic acids is 1. The molecule has 1 aromatic carbocycles. The summed E-state index contributed by atoms with van der Waals surface area (Å²) in [6.07, 6.45) is 6.51. The maximum atomic E-state index is 13.6. The summed E-state index contributed by atoms with van der Waals surface area (Å²) in [6.45, 7) is 8.92. The highest BCUT2D eigenvalue weighted by Gasteiger charge is 2.25. The molecule has 9 heteroatoms. The Morgan fingerprint density at radius 1 is 0.676 bits per heavy atom. The van der Waals surface area contributed by atoms with Crippen LogP contribution in [0.15, 0.2) is 30.3 Å². The highest BCUT2D eigenvalue weighted by Crippen LogP contribution is 2.15. The van der Waals surface area contributed by atoms with Gasteiger partial charge in [0.05, 0.1) is 39.6 Å². The molecule has 208 valence electrons. The Kier molecular flexibility index (Phi) is 12.6. The highest BCUT2D eigenvalue weighted by molar-refractivity contribution is 5.93. The lowest BCUT2D eigenvalue weighted by atomic mass is 10.2. The second kappa shape index (κ2) is 16.4. The quantitative estimate of drug-likeness (QED) is 0.124. The van der Waals surface area contributed by atoms with Gasteiger partial charge >= 0.3 is 0 Å². The van der Waals surface area contributed by atoms with Gasteiger partial charge in [-0.25, -0.2) is 5.01 Å². The van der Waals surface area contributed by atoms with E-state index in [0.717, 1.165) is 90.2 Å². The van der Waals surface area contributed by atoms with Gasteiger partial charge in [-0.15, -0.1) is 0 Å². The zero-order chi connectivity index (χ0) is 25.5. The van der Waals surface area contributed by atoms with Crippen LogP contribution in [-0.4, -0.2) is 113 Å². The van der Waals surface area contributed by atoms with Crippen LogP contribution in [0.25, 0.3) is 0 Å². The SMILES string of the molecule is O=C(c1ccccc1)N(CCCCOCC1CO1)N(CCCCOCC1CO1)CCCCOCC1CO1. The summed E-state index contributed by atoms with van der Waals surface area (Å²) in [5, 5.41) is 4.19. The third kappa shape index (κ3) is 12.2. The molecule has 3 atom stereocenters. The number of epoxide rings is 3. The van der Waals surface area contributed by atoms with E-state index in [9.17, 15) is 4.79 Å². The van der Waals surface area contributed by atoms with Gasteiger partial charge in [0.1, 0.15) is 18.3 Å². The molecular weight excluding hydrogens is 476 g/mol. The minimum Gasteiger partial charge on any atom is -0.379 e. The first kappa shape index (κ1) is 28.4. The summed E-state index contributed by atoms with van der Waals surface area (Å²) >= 11 is 0. The van der Waals surface area contributed by atoms with E-state index in [1.54, 1.807) is 0 Å². The van der Waals surface area contributed by atoms with Gasteiger partial charge in [0.15, 0.2) is 0 Å². The molecule has 1 amide bonds. The molecule has 9 nitrogen and oxygen atoms in total. The molecular formula is C28H44N2O7. The van der Waals surface area contributed by atoms with Crippen molar-refractivity contribution in [1.29, 1.82) is 0 Å². The van der Waals surface area contributed by atoms with Gasteiger partial charge in [0.25, 0.3) is 5.91 Å². The van der Waals surface area contributed by atoms with Gasteiger partial charge in [0.2, 0.25) is 0 Å². The maximum Gasteiger partial charge on any atom is 0.268 e. The molecule has 0 saturated carbocycles. The fraction of sp³-hybridized carbons (Fsp3) is 0.750. The van der Waals surface area contributed by atoms with E-state index in [2.05, 4.69) is 5.01 Å². The average Bonchev–Trinajstić information content (AvgIpc) is 3.75. The van der Waals surface area contributed by atoms with Crippen LogP contribution in [0.1, 0.15) is 48.9 Å². The predicted molar refractivity (Wildman–Crippen MR) is 138 cm³/mol. The van der Waals surface area contributed by atoms with E-state index in [1.165, 1.54) is 0 Å². The van der Waals surface area contributed by atoms with Gasteiger partial charge in [0, 0.05) is 45.0 Å². The summed E-state index contributed by atoms with van der Waals surface area (Å²) < 4.78 is 32.8. The minimum absolute atomic E-state index is 0.0529. The average molecular weight is 521 g/mol. The smallest absolute Gasteiger partial charge is 0.268 e. The molecule has 3 saturated heterocycles. The van der Waals surface area contributed by atoms with E-state index in [4.69, 9.17) is 28.4 Å². The van der Waals surface area contributed by atoms with Crippen molar-refractivity contribution < 1.29 is 33.2 Å². The number of carbonyl (C=O) groups is 1. The number of unbranched alkanes of at least 4 members (excludes halogenated alkanes) is 3.